The minimum Gasteiger partial charge on any atom is -0.481 e. The van der Waals surface area contributed by atoms with Crippen LogP contribution >= 0.6 is 0 Å². The van der Waals surface area contributed by atoms with E-state index < -0.39 is 5.97 Å². The van der Waals surface area contributed by atoms with E-state index in [1.165, 1.54) is 5.56 Å². The molecule has 0 saturated carbocycles. The van der Waals surface area contributed by atoms with Gasteiger partial charge in [-0.3, -0.25) is 14.6 Å². The highest BCUT2D eigenvalue weighted by Crippen LogP contribution is 2.27. The van der Waals surface area contributed by atoms with E-state index in [1.54, 1.807) is 0 Å². The van der Waals surface area contributed by atoms with Gasteiger partial charge in [-0.05, 0) is 24.9 Å². The van der Waals surface area contributed by atoms with Gasteiger partial charge < -0.3 is 5.11 Å². The molecule has 0 radical (unpaired) electrons. The Labute approximate surface area is 120 Å². The number of carboxylic acids is 1. The van der Waals surface area contributed by atoms with Crippen molar-refractivity contribution >= 4 is 5.97 Å². The molecular weight excluding hydrogens is 252 g/mol. The molecule has 108 valence electrons. The number of hydrogen-bond acceptors (Lipinski definition) is 3. The summed E-state index contributed by atoms with van der Waals surface area (Å²) in [6.07, 6.45) is 1.85. The molecule has 1 aromatic rings. The van der Waals surface area contributed by atoms with Gasteiger partial charge in [0.15, 0.2) is 0 Å². The lowest BCUT2D eigenvalue weighted by atomic mass is 9.87. The number of benzene rings is 1. The molecule has 0 bridgehead atoms. The standard InChI is InChI=1S/C16H22N2O2/c19-16(20)14-7-4-8-18-10-9-17(12-15(14)18)11-13-5-2-1-3-6-13/h1-3,5-6,14-15H,4,7-12H2,(H,19,20). The maximum atomic E-state index is 11.4. The van der Waals surface area contributed by atoms with E-state index in [2.05, 4.69) is 34.1 Å². The topological polar surface area (TPSA) is 43.8 Å². The van der Waals surface area contributed by atoms with Gasteiger partial charge in [-0.1, -0.05) is 30.3 Å². The zero-order valence-corrected chi connectivity index (χ0v) is 11.7. The molecule has 1 aromatic carbocycles. The average molecular weight is 274 g/mol. The lowest BCUT2D eigenvalue weighted by Gasteiger charge is -2.46. The van der Waals surface area contributed by atoms with E-state index in [-0.39, 0.29) is 12.0 Å². The van der Waals surface area contributed by atoms with Crippen LogP contribution in [-0.2, 0) is 11.3 Å². The lowest BCUT2D eigenvalue weighted by molar-refractivity contribution is -0.147. The van der Waals surface area contributed by atoms with Crippen LogP contribution in [0.4, 0.5) is 0 Å². The van der Waals surface area contributed by atoms with Gasteiger partial charge in [-0.25, -0.2) is 0 Å². The third-order valence-electron chi connectivity index (χ3n) is 4.61. The zero-order chi connectivity index (χ0) is 13.9. The summed E-state index contributed by atoms with van der Waals surface area (Å²) < 4.78 is 0. The second-order valence-corrected chi connectivity index (χ2v) is 5.91. The van der Waals surface area contributed by atoms with E-state index in [9.17, 15) is 9.90 Å². The first-order valence-electron chi connectivity index (χ1n) is 7.47. The SMILES string of the molecule is O=C(O)C1CCCN2CCN(Cc3ccccc3)CC12. The molecule has 0 amide bonds. The Kier molecular flexibility index (Phi) is 4.03. The van der Waals surface area contributed by atoms with Gasteiger partial charge in [-0.2, -0.15) is 0 Å². The number of rotatable bonds is 3. The second-order valence-electron chi connectivity index (χ2n) is 5.91. The molecule has 4 nitrogen and oxygen atoms in total. The van der Waals surface area contributed by atoms with Gasteiger partial charge >= 0.3 is 5.97 Å². The van der Waals surface area contributed by atoms with Crippen LogP contribution in [0, 0.1) is 5.92 Å². The molecule has 2 saturated heterocycles. The predicted octanol–water partition coefficient (Wildman–Crippen LogP) is 1.67. The van der Waals surface area contributed by atoms with Crippen LogP contribution in [0.3, 0.4) is 0 Å². The molecule has 0 aliphatic carbocycles. The Morgan fingerprint density at radius 3 is 2.75 bits per heavy atom. The summed E-state index contributed by atoms with van der Waals surface area (Å²) in [7, 11) is 0. The van der Waals surface area contributed by atoms with E-state index in [0.29, 0.717) is 0 Å². The van der Waals surface area contributed by atoms with Gasteiger partial charge in [-0.15, -0.1) is 0 Å². The Bertz CT molecular complexity index is 463. The Morgan fingerprint density at radius 2 is 2.00 bits per heavy atom. The molecule has 1 N–H and O–H groups in total. The summed E-state index contributed by atoms with van der Waals surface area (Å²) in [5.41, 5.74) is 1.31. The first-order valence-corrected chi connectivity index (χ1v) is 7.47. The number of fused-ring (bicyclic) bond motifs is 1. The number of piperidine rings is 1. The molecule has 2 aliphatic rings. The molecule has 2 heterocycles. The van der Waals surface area contributed by atoms with Crippen LogP contribution < -0.4 is 0 Å². The third-order valence-corrected chi connectivity index (χ3v) is 4.61. The summed E-state index contributed by atoms with van der Waals surface area (Å²) in [5.74, 6) is -0.816. The summed E-state index contributed by atoms with van der Waals surface area (Å²) in [6, 6.07) is 10.6. The van der Waals surface area contributed by atoms with Gasteiger partial charge in [0.1, 0.15) is 0 Å². The number of hydrogen-bond donors (Lipinski definition) is 1. The predicted molar refractivity (Wildman–Crippen MR) is 77.4 cm³/mol. The third kappa shape index (κ3) is 2.86. The minimum absolute atomic E-state index is 0.192. The second kappa shape index (κ2) is 5.94. The van der Waals surface area contributed by atoms with Crippen LogP contribution in [0.5, 0.6) is 0 Å². The molecule has 2 atom stereocenters. The number of piperazine rings is 1. The van der Waals surface area contributed by atoms with E-state index in [0.717, 1.165) is 45.6 Å². The van der Waals surface area contributed by atoms with Crippen LogP contribution in [0.1, 0.15) is 18.4 Å². The first-order chi connectivity index (χ1) is 9.74. The van der Waals surface area contributed by atoms with Gasteiger partial charge in [0, 0.05) is 32.2 Å². The molecule has 2 fully saturated rings. The van der Waals surface area contributed by atoms with Crippen LogP contribution in [0.25, 0.3) is 0 Å². The van der Waals surface area contributed by atoms with Crippen molar-refractivity contribution in [1.29, 1.82) is 0 Å². The van der Waals surface area contributed by atoms with Crippen molar-refractivity contribution in [3.63, 3.8) is 0 Å². The van der Waals surface area contributed by atoms with Crippen LogP contribution in [0.15, 0.2) is 30.3 Å². The average Bonchev–Trinajstić information content (AvgIpc) is 2.47. The fourth-order valence-electron chi connectivity index (χ4n) is 3.55. The molecule has 2 unspecified atom stereocenters. The quantitative estimate of drug-likeness (QED) is 0.910. The maximum Gasteiger partial charge on any atom is 0.308 e. The fraction of sp³-hybridized carbons (Fsp3) is 0.562. The van der Waals surface area contributed by atoms with Crippen molar-refractivity contribution in [3.8, 4) is 0 Å². The molecular formula is C16H22N2O2. The number of carboxylic acid groups (broad SMARTS) is 1. The van der Waals surface area contributed by atoms with Crippen molar-refractivity contribution in [2.75, 3.05) is 26.2 Å². The fourth-order valence-corrected chi connectivity index (χ4v) is 3.55. The van der Waals surface area contributed by atoms with Gasteiger partial charge in [0.05, 0.1) is 5.92 Å². The largest absolute Gasteiger partial charge is 0.481 e. The summed E-state index contributed by atoms with van der Waals surface area (Å²) in [5, 5.41) is 9.41. The molecule has 2 aliphatic heterocycles. The maximum absolute atomic E-state index is 11.4. The summed E-state index contributed by atoms with van der Waals surface area (Å²) in [4.78, 5) is 16.2. The molecule has 3 rings (SSSR count). The van der Waals surface area contributed by atoms with Crippen molar-refractivity contribution in [2.24, 2.45) is 5.92 Å². The normalized spacial score (nSPS) is 28.0. The summed E-state index contributed by atoms with van der Waals surface area (Å²) >= 11 is 0. The smallest absolute Gasteiger partial charge is 0.308 e. The van der Waals surface area contributed by atoms with Crippen LogP contribution in [-0.4, -0.2) is 53.1 Å². The number of carbonyl (C=O) groups is 1. The zero-order valence-electron chi connectivity index (χ0n) is 11.7. The van der Waals surface area contributed by atoms with Crippen molar-refractivity contribution < 1.29 is 9.90 Å². The number of nitrogens with zero attached hydrogens (tertiary/aromatic N) is 2. The van der Waals surface area contributed by atoms with E-state index >= 15 is 0 Å². The highest BCUT2D eigenvalue weighted by atomic mass is 16.4. The van der Waals surface area contributed by atoms with Crippen LogP contribution in [0.2, 0.25) is 0 Å². The Morgan fingerprint density at radius 1 is 1.20 bits per heavy atom. The van der Waals surface area contributed by atoms with Gasteiger partial charge in [0.25, 0.3) is 0 Å². The molecule has 0 aromatic heterocycles. The number of aliphatic carboxylic acids is 1. The first kappa shape index (κ1) is 13.6. The summed E-state index contributed by atoms with van der Waals surface area (Å²) in [6.45, 7) is 4.91. The monoisotopic (exact) mass is 274 g/mol. The Balaban J connectivity index is 1.67. The minimum atomic E-state index is -0.624. The van der Waals surface area contributed by atoms with E-state index in [1.807, 2.05) is 6.07 Å². The highest BCUT2D eigenvalue weighted by Gasteiger charge is 2.39. The molecule has 4 heteroatoms. The van der Waals surface area contributed by atoms with Gasteiger partial charge in [0.2, 0.25) is 0 Å². The molecule has 0 spiro atoms. The lowest BCUT2D eigenvalue weighted by Crippen LogP contribution is -2.59. The highest BCUT2D eigenvalue weighted by molar-refractivity contribution is 5.71. The van der Waals surface area contributed by atoms with E-state index in [4.69, 9.17) is 0 Å². The van der Waals surface area contributed by atoms with Crippen molar-refractivity contribution in [3.05, 3.63) is 35.9 Å². The van der Waals surface area contributed by atoms with Crippen molar-refractivity contribution in [2.45, 2.75) is 25.4 Å². The molecule has 20 heavy (non-hydrogen) atoms. The Hall–Kier alpha value is -1.39. The van der Waals surface area contributed by atoms with Crippen molar-refractivity contribution in [1.82, 2.24) is 9.80 Å².